The summed E-state index contributed by atoms with van der Waals surface area (Å²) in [6.07, 6.45) is 0.290. The number of nitrogens with zero attached hydrogens (tertiary/aromatic N) is 1. The molecule has 0 bridgehead atoms. The van der Waals surface area contributed by atoms with E-state index >= 15 is 0 Å². The third-order valence-electron chi connectivity index (χ3n) is 4.76. The highest BCUT2D eigenvalue weighted by Crippen LogP contribution is 2.40. The van der Waals surface area contributed by atoms with Gasteiger partial charge in [0.1, 0.15) is 23.9 Å². The maximum atomic E-state index is 12.4. The number of hydrogen-bond donors (Lipinski definition) is 1. The third kappa shape index (κ3) is 6.09. The Kier molecular flexibility index (Phi) is 8.09. The van der Waals surface area contributed by atoms with Crippen molar-refractivity contribution >= 4 is 33.8 Å². The largest absolute Gasteiger partial charge is 0.487 e. The summed E-state index contributed by atoms with van der Waals surface area (Å²) in [4.78, 5) is 14.1. The molecule has 0 aliphatic heterocycles. The second-order valence-electron chi connectivity index (χ2n) is 6.98. The molecule has 0 heterocycles. The van der Waals surface area contributed by atoms with Gasteiger partial charge in [-0.15, -0.1) is 0 Å². The molecule has 162 valence electrons. The van der Waals surface area contributed by atoms with Gasteiger partial charge in [0.15, 0.2) is 16.5 Å². The zero-order valence-electron chi connectivity index (χ0n) is 17.2. The van der Waals surface area contributed by atoms with Crippen molar-refractivity contribution in [2.45, 2.75) is 26.5 Å². The average Bonchev–Trinajstić information content (AvgIpc) is 2.78. The highest BCUT2D eigenvalue weighted by atomic mass is 35.5. The fourth-order valence-electron chi connectivity index (χ4n) is 3.24. The molecule has 3 aromatic rings. The summed E-state index contributed by atoms with van der Waals surface area (Å²) in [5.41, 5.74) is 2.63. The number of carbonyl (C=O) groups is 1. The van der Waals surface area contributed by atoms with Crippen LogP contribution in [0.1, 0.15) is 34.8 Å². The van der Waals surface area contributed by atoms with Gasteiger partial charge in [-0.25, -0.2) is 8.42 Å². The molecule has 0 amide bonds. The molecule has 0 fully saturated rings. The molecule has 0 spiro atoms. The van der Waals surface area contributed by atoms with Crippen molar-refractivity contribution in [3.8, 4) is 5.75 Å². The van der Waals surface area contributed by atoms with Gasteiger partial charge in [-0.2, -0.15) is 0 Å². The van der Waals surface area contributed by atoms with Gasteiger partial charge in [0, 0.05) is 18.5 Å². The predicted octanol–water partition coefficient (Wildman–Crippen LogP) is 5.09. The maximum Gasteiger partial charge on any atom is 0.164 e. The van der Waals surface area contributed by atoms with Crippen LogP contribution in [-0.2, 0) is 23.9 Å². The van der Waals surface area contributed by atoms with Gasteiger partial charge in [-0.3, -0.25) is 4.79 Å². The minimum absolute atomic E-state index is 0.118. The molecular formula is C24H24ClNO4S. The highest BCUT2D eigenvalue weighted by molar-refractivity contribution is 7.72. The number of Topliss-reactive ketones (excluding diaryl/α,β-unsaturated/α-hetero) is 1. The molecule has 0 aliphatic carbocycles. The molecule has 3 aromatic carbocycles. The van der Waals surface area contributed by atoms with Crippen LogP contribution in [0.2, 0.25) is 5.02 Å². The number of halogens is 1. The van der Waals surface area contributed by atoms with Crippen LogP contribution >= 0.6 is 11.6 Å². The highest BCUT2D eigenvalue weighted by Gasteiger charge is 2.23. The number of rotatable bonds is 10. The fraction of sp³-hybridized carbons (Fsp3) is 0.208. The van der Waals surface area contributed by atoms with Crippen LogP contribution in [0.5, 0.6) is 5.75 Å². The van der Waals surface area contributed by atoms with Crippen molar-refractivity contribution in [1.82, 2.24) is 0 Å². The summed E-state index contributed by atoms with van der Waals surface area (Å²) in [6, 6.07) is 22.4. The number of hydrogen-bond acceptors (Lipinski definition) is 5. The normalized spacial score (nSPS) is 10.8. The first-order valence-corrected chi connectivity index (χ1v) is 11.7. The van der Waals surface area contributed by atoms with E-state index in [2.05, 4.69) is 0 Å². The van der Waals surface area contributed by atoms with Crippen LogP contribution < -0.4 is 9.64 Å². The molecule has 0 saturated heterocycles. The van der Waals surface area contributed by atoms with E-state index in [1.54, 1.807) is 24.0 Å². The second-order valence-corrected chi connectivity index (χ2v) is 8.31. The molecule has 0 saturated carbocycles. The van der Waals surface area contributed by atoms with Crippen LogP contribution in [0.4, 0.5) is 5.69 Å². The van der Waals surface area contributed by atoms with E-state index in [1.807, 2.05) is 60.7 Å². The second kappa shape index (κ2) is 11.0. The molecule has 0 atom stereocenters. The Labute approximate surface area is 189 Å². The summed E-state index contributed by atoms with van der Waals surface area (Å²) >= 11 is 6.67. The number of ketones is 1. The first kappa shape index (κ1) is 22.8. The molecule has 0 radical (unpaired) electrons. The average molecular weight is 458 g/mol. The van der Waals surface area contributed by atoms with Gasteiger partial charge in [0.25, 0.3) is 0 Å². The Balaban J connectivity index is 2.05. The van der Waals surface area contributed by atoms with Gasteiger partial charge in [0.05, 0.1) is 5.02 Å². The summed E-state index contributed by atoms with van der Waals surface area (Å²) in [7, 11) is -2.74. The van der Waals surface area contributed by atoms with Gasteiger partial charge in [0.2, 0.25) is 0 Å². The van der Waals surface area contributed by atoms with Crippen molar-refractivity contribution in [2.24, 2.45) is 0 Å². The molecule has 3 rings (SSSR count). The monoisotopic (exact) mass is 457 g/mol. The van der Waals surface area contributed by atoms with Crippen LogP contribution in [0.3, 0.4) is 0 Å². The quantitative estimate of drug-likeness (QED) is 0.339. The Hall–Kier alpha value is -2.83. The van der Waals surface area contributed by atoms with Crippen molar-refractivity contribution in [2.75, 3.05) is 10.8 Å². The van der Waals surface area contributed by atoms with Gasteiger partial charge < -0.3 is 9.64 Å². The zero-order valence-corrected chi connectivity index (χ0v) is 18.8. The minimum atomic E-state index is -2.74. The molecular weight excluding hydrogens is 434 g/mol. The topological polar surface area (TPSA) is 63.7 Å². The Morgan fingerprint density at radius 2 is 1.55 bits per heavy atom. The SMILES string of the molecule is CCC(=O)c1ccc(OCc2ccccc2)c(N(Cc2ccccc2)C[SH](=O)=O)c1Cl. The Bertz CT molecular complexity index is 1090. The zero-order chi connectivity index (χ0) is 22.2. The van der Waals surface area contributed by atoms with Crippen molar-refractivity contribution < 1.29 is 17.9 Å². The number of ether oxygens (including phenoxy) is 1. The number of anilines is 1. The summed E-state index contributed by atoms with van der Waals surface area (Å²) in [6.45, 7) is 2.34. The van der Waals surface area contributed by atoms with E-state index in [-0.39, 0.29) is 29.7 Å². The summed E-state index contributed by atoms with van der Waals surface area (Å²) in [5.74, 6) is 0.0522. The van der Waals surface area contributed by atoms with Crippen LogP contribution in [0.25, 0.3) is 0 Å². The van der Waals surface area contributed by atoms with Crippen LogP contribution in [-0.4, -0.2) is 20.1 Å². The summed E-state index contributed by atoms with van der Waals surface area (Å²) < 4.78 is 29.4. The molecule has 31 heavy (non-hydrogen) atoms. The third-order valence-corrected chi connectivity index (χ3v) is 5.71. The van der Waals surface area contributed by atoms with E-state index in [4.69, 9.17) is 16.3 Å². The molecule has 0 aromatic heterocycles. The van der Waals surface area contributed by atoms with E-state index in [1.165, 1.54) is 0 Å². The Morgan fingerprint density at radius 1 is 0.935 bits per heavy atom. The number of thiol groups is 1. The molecule has 7 heteroatoms. The van der Waals surface area contributed by atoms with Crippen molar-refractivity contribution in [1.29, 1.82) is 0 Å². The predicted molar refractivity (Wildman–Crippen MR) is 125 cm³/mol. The van der Waals surface area contributed by atoms with Gasteiger partial charge in [-0.05, 0) is 23.3 Å². The first-order valence-electron chi connectivity index (χ1n) is 9.92. The minimum Gasteiger partial charge on any atom is -0.487 e. The van der Waals surface area contributed by atoms with Crippen LogP contribution in [0.15, 0.2) is 72.8 Å². The van der Waals surface area contributed by atoms with E-state index < -0.39 is 10.7 Å². The molecule has 0 N–H and O–H groups in total. The van der Waals surface area contributed by atoms with Gasteiger partial charge in [-0.1, -0.05) is 79.2 Å². The number of carbonyl (C=O) groups excluding carboxylic acids is 1. The molecule has 0 aliphatic rings. The first-order chi connectivity index (χ1) is 15.0. The van der Waals surface area contributed by atoms with Crippen molar-refractivity contribution in [3.63, 3.8) is 0 Å². The van der Waals surface area contributed by atoms with Gasteiger partial charge >= 0.3 is 0 Å². The van der Waals surface area contributed by atoms with Crippen LogP contribution in [0, 0.1) is 0 Å². The van der Waals surface area contributed by atoms with E-state index in [9.17, 15) is 13.2 Å². The maximum absolute atomic E-state index is 12.4. The number of benzene rings is 3. The fourth-order valence-corrected chi connectivity index (χ4v) is 4.14. The lowest BCUT2D eigenvalue weighted by Gasteiger charge is -2.27. The lowest BCUT2D eigenvalue weighted by molar-refractivity contribution is 0.0988. The molecule has 0 unspecified atom stereocenters. The standard InChI is InChI=1S/C24H24ClNO4S/c1-2-21(27)20-13-14-22(30-16-19-11-7-4-8-12-19)24(23(20)25)26(17-31(28)29)15-18-9-5-3-6-10-18/h3-14,31H,2,15-17H2,1H3. The smallest absolute Gasteiger partial charge is 0.164 e. The Morgan fingerprint density at radius 3 is 2.13 bits per heavy atom. The summed E-state index contributed by atoms with van der Waals surface area (Å²) in [5, 5.41) is 0.199. The van der Waals surface area contributed by atoms with E-state index in [0.717, 1.165) is 11.1 Å². The van der Waals surface area contributed by atoms with E-state index in [0.29, 0.717) is 23.5 Å². The van der Waals surface area contributed by atoms with Crippen molar-refractivity contribution in [3.05, 3.63) is 94.5 Å². The molecule has 5 nitrogen and oxygen atoms in total. The lowest BCUT2D eigenvalue weighted by atomic mass is 10.1. The lowest BCUT2D eigenvalue weighted by Crippen LogP contribution is -2.26.